The molecule has 4 aromatic rings. The van der Waals surface area contributed by atoms with Crippen LogP contribution < -0.4 is 25.6 Å². The van der Waals surface area contributed by atoms with E-state index < -0.39 is 33.2 Å². The largest absolute Gasteiger partial charge is 0.369 e. The molecule has 6 rings (SSSR count). The lowest BCUT2D eigenvalue weighted by Gasteiger charge is -2.36. The molecule has 3 aromatic carbocycles. The average molecular weight is 715 g/mol. The SMILES string of the molecule is Cc1cnc(Nc2ccc(N3CCN(Cc4ccc(C5CCC(=O)NC5=O)c(F)c4)CC3)cc2)nc1Nc1cccc(S(=O)(=O)NC(C)(C)C)c1. The molecule has 0 saturated carbocycles. The molecule has 2 amide bonds. The first-order valence-corrected chi connectivity index (χ1v) is 18.4. The van der Waals surface area contributed by atoms with Crippen molar-refractivity contribution in [1.82, 2.24) is 24.9 Å². The van der Waals surface area contributed by atoms with Gasteiger partial charge in [-0.3, -0.25) is 19.8 Å². The van der Waals surface area contributed by atoms with Crippen LogP contribution in [0.3, 0.4) is 0 Å². The maximum Gasteiger partial charge on any atom is 0.241 e. The molecule has 14 heteroatoms. The Balaban J connectivity index is 1.02. The molecule has 2 aliphatic heterocycles. The van der Waals surface area contributed by atoms with Gasteiger partial charge >= 0.3 is 0 Å². The molecule has 2 fully saturated rings. The van der Waals surface area contributed by atoms with Gasteiger partial charge in [-0.2, -0.15) is 4.98 Å². The number of piperidine rings is 1. The van der Waals surface area contributed by atoms with Gasteiger partial charge in [0.25, 0.3) is 0 Å². The number of carbonyl (C=O) groups is 2. The van der Waals surface area contributed by atoms with Crippen LogP contribution in [0, 0.1) is 12.7 Å². The average Bonchev–Trinajstić information content (AvgIpc) is 3.07. The summed E-state index contributed by atoms with van der Waals surface area (Å²) in [6.07, 6.45) is 2.24. The minimum Gasteiger partial charge on any atom is -0.369 e. The Kier molecular flexibility index (Phi) is 10.4. The number of imide groups is 1. The highest BCUT2D eigenvalue weighted by Gasteiger charge is 2.30. The van der Waals surface area contributed by atoms with E-state index in [2.05, 4.69) is 40.4 Å². The van der Waals surface area contributed by atoms with Gasteiger partial charge in [0.15, 0.2) is 0 Å². The van der Waals surface area contributed by atoms with Gasteiger partial charge in [0.1, 0.15) is 11.6 Å². The van der Waals surface area contributed by atoms with E-state index in [4.69, 9.17) is 0 Å². The summed E-state index contributed by atoms with van der Waals surface area (Å²) < 4.78 is 43.4. The Bertz CT molecular complexity index is 2030. The van der Waals surface area contributed by atoms with Crippen molar-refractivity contribution in [1.29, 1.82) is 0 Å². The topological polar surface area (TPSA) is 149 Å². The van der Waals surface area contributed by atoms with Gasteiger partial charge < -0.3 is 15.5 Å². The van der Waals surface area contributed by atoms with E-state index in [0.717, 1.165) is 48.7 Å². The summed E-state index contributed by atoms with van der Waals surface area (Å²) in [5.74, 6) is -0.858. The van der Waals surface area contributed by atoms with Crippen molar-refractivity contribution < 1.29 is 22.4 Å². The van der Waals surface area contributed by atoms with E-state index in [1.54, 1.807) is 57.3 Å². The third-order valence-corrected chi connectivity index (χ3v) is 10.5. The van der Waals surface area contributed by atoms with Crippen molar-refractivity contribution in [2.45, 2.75) is 63.4 Å². The molecule has 2 saturated heterocycles. The number of hydrogen-bond acceptors (Lipinski definition) is 10. The number of halogens is 1. The molecule has 3 heterocycles. The number of sulfonamides is 1. The van der Waals surface area contributed by atoms with Crippen molar-refractivity contribution in [2.24, 2.45) is 0 Å². The number of nitrogens with zero attached hydrogens (tertiary/aromatic N) is 4. The van der Waals surface area contributed by atoms with Crippen molar-refractivity contribution in [3.8, 4) is 0 Å². The highest BCUT2D eigenvalue weighted by atomic mass is 32.2. The smallest absolute Gasteiger partial charge is 0.241 e. The minimum absolute atomic E-state index is 0.155. The van der Waals surface area contributed by atoms with Gasteiger partial charge in [0.05, 0.1) is 10.8 Å². The van der Waals surface area contributed by atoms with Gasteiger partial charge in [-0.15, -0.1) is 0 Å². The maximum atomic E-state index is 15.0. The molecule has 1 aromatic heterocycles. The van der Waals surface area contributed by atoms with E-state index in [0.29, 0.717) is 36.0 Å². The van der Waals surface area contributed by atoms with Crippen LogP contribution >= 0.6 is 0 Å². The molecule has 1 unspecified atom stereocenters. The molecule has 0 spiro atoms. The van der Waals surface area contributed by atoms with Gasteiger partial charge in [0.2, 0.25) is 27.8 Å². The van der Waals surface area contributed by atoms with Crippen molar-refractivity contribution in [2.75, 3.05) is 41.7 Å². The standard InChI is InChI=1S/C37H43FN8O4S/c1-24-22-39-36(43-34(24)40-27-6-5-7-29(21-27)51(49,50)44-37(2,3)4)41-26-9-11-28(12-10-26)46-18-16-45(17-19-46)23-25-8-13-30(32(38)20-25)31-14-15-33(47)42-35(31)48/h5-13,20-22,31,44H,14-19,23H2,1-4H3,(H,42,47,48)(H2,39,40,41,43). The van der Waals surface area contributed by atoms with Crippen molar-refractivity contribution in [3.63, 3.8) is 0 Å². The van der Waals surface area contributed by atoms with E-state index in [-0.39, 0.29) is 17.2 Å². The Morgan fingerprint density at radius 2 is 1.69 bits per heavy atom. The van der Waals surface area contributed by atoms with Crippen LogP contribution in [0.15, 0.2) is 77.8 Å². The number of aromatic nitrogens is 2. The molecule has 0 bridgehead atoms. The summed E-state index contributed by atoms with van der Waals surface area (Å²) in [6.45, 7) is 11.1. The summed E-state index contributed by atoms with van der Waals surface area (Å²) in [5, 5.41) is 8.79. The number of carbonyl (C=O) groups excluding carboxylic acids is 2. The van der Waals surface area contributed by atoms with Crippen molar-refractivity contribution >= 4 is 50.7 Å². The molecule has 0 radical (unpaired) electrons. The zero-order valence-corrected chi connectivity index (χ0v) is 30.0. The first kappa shape index (κ1) is 35.9. The number of rotatable bonds is 10. The second-order valence-corrected chi connectivity index (χ2v) is 15.7. The first-order chi connectivity index (χ1) is 24.2. The number of piperazine rings is 1. The quantitative estimate of drug-likeness (QED) is 0.159. The van der Waals surface area contributed by atoms with Crippen LogP contribution in [0.1, 0.15) is 56.2 Å². The van der Waals surface area contributed by atoms with E-state index >= 15 is 4.39 Å². The normalized spacial score (nSPS) is 17.3. The van der Waals surface area contributed by atoms with Crippen LogP contribution in [-0.4, -0.2) is 66.8 Å². The fourth-order valence-electron chi connectivity index (χ4n) is 6.22. The third-order valence-electron chi connectivity index (χ3n) is 8.77. The Morgan fingerprint density at radius 1 is 0.941 bits per heavy atom. The lowest BCUT2D eigenvalue weighted by molar-refractivity contribution is -0.134. The van der Waals surface area contributed by atoms with E-state index in [1.165, 1.54) is 6.07 Å². The highest BCUT2D eigenvalue weighted by Crippen LogP contribution is 2.29. The second kappa shape index (κ2) is 14.7. The highest BCUT2D eigenvalue weighted by molar-refractivity contribution is 7.89. The number of aryl methyl sites for hydroxylation is 1. The second-order valence-electron chi connectivity index (χ2n) is 14.0. The number of benzene rings is 3. The van der Waals surface area contributed by atoms with Gasteiger partial charge in [-0.05, 0) is 88.2 Å². The monoisotopic (exact) mass is 714 g/mol. The van der Waals surface area contributed by atoms with Crippen LogP contribution in [0.25, 0.3) is 0 Å². The van der Waals surface area contributed by atoms with Crippen molar-refractivity contribution in [3.05, 3.63) is 95.4 Å². The van der Waals surface area contributed by atoms with Gasteiger partial charge in [-0.1, -0.05) is 18.2 Å². The Labute approximate surface area is 297 Å². The third kappa shape index (κ3) is 9.06. The van der Waals surface area contributed by atoms with Crippen LogP contribution in [-0.2, 0) is 26.2 Å². The molecule has 51 heavy (non-hydrogen) atoms. The lowest BCUT2D eigenvalue weighted by atomic mass is 9.89. The number of amides is 2. The number of anilines is 5. The molecular formula is C37H43FN8O4S. The number of nitrogens with one attached hydrogen (secondary N) is 4. The summed E-state index contributed by atoms with van der Waals surface area (Å²) in [6, 6.07) is 19.7. The molecule has 4 N–H and O–H groups in total. The summed E-state index contributed by atoms with van der Waals surface area (Å²) in [5.41, 5.74) is 3.85. The zero-order valence-electron chi connectivity index (χ0n) is 29.2. The Morgan fingerprint density at radius 3 is 2.37 bits per heavy atom. The fourth-order valence-corrected chi connectivity index (χ4v) is 7.68. The van der Waals surface area contributed by atoms with E-state index in [1.807, 2.05) is 37.3 Å². The molecule has 268 valence electrons. The van der Waals surface area contributed by atoms with E-state index in [9.17, 15) is 18.0 Å². The van der Waals surface area contributed by atoms with Gasteiger partial charge in [0, 0.05) is 79.1 Å². The predicted molar refractivity (Wildman–Crippen MR) is 195 cm³/mol. The zero-order chi connectivity index (χ0) is 36.3. The molecule has 1 atom stereocenters. The molecule has 12 nitrogen and oxygen atoms in total. The molecular weight excluding hydrogens is 672 g/mol. The van der Waals surface area contributed by atoms with Crippen LogP contribution in [0.4, 0.5) is 33.2 Å². The summed E-state index contributed by atoms with van der Waals surface area (Å²) >= 11 is 0. The lowest BCUT2D eigenvalue weighted by Crippen LogP contribution is -2.46. The van der Waals surface area contributed by atoms with Crippen LogP contribution in [0.2, 0.25) is 0 Å². The minimum atomic E-state index is -3.70. The first-order valence-electron chi connectivity index (χ1n) is 16.9. The maximum absolute atomic E-state index is 15.0. The summed E-state index contributed by atoms with van der Waals surface area (Å²) in [7, 11) is -3.70. The van der Waals surface area contributed by atoms with Crippen LogP contribution in [0.5, 0.6) is 0 Å². The predicted octanol–water partition coefficient (Wildman–Crippen LogP) is 5.33. The fraction of sp³-hybridized carbons (Fsp3) is 0.351. The molecule has 2 aliphatic rings. The summed E-state index contributed by atoms with van der Waals surface area (Å²) in [4.78, 5) is 37.5. The molecule has 0 aliphatic carbocycles. The Hall–Kier alpha value is -4.92. The van der Waals surface area contributed by atoms with Gasteiger partial charge in [-0.25, -0.2) is 22.5 Å². The number of hydrogen-bond donors (Lipinski definition) is 4.